The Morgan fingerprint density at radius 2 is 1.84 bits per heavy atom. The molecule has 1 aliphatic heterocycles. The van der Waals surface area contributed by atoms with Gasteiger partial charge in [-0.1, -0.05) is 48.5 Å². The van der Waals surface area contributed by atoms with E-state index in [4.69, 9.17) is 4.74 Å². The summed E-state index contributed by atoms with van der Waals surface area (Å²) in [4.78, 5) is 19.0. The number of amides is 1. The zero-order valence-electron chi connectivity index (χ0n) is 18.1. The summed E-state index contributed by atoms with van der Waals surface area (Å²) >= 11 is 0. The normalized spacial score (nSPS) is 13.7. The van der Waals surface area contributed by atoms with Crippen LogP contribution in [0.3, 0.4) is 0 Å². The Labute approximate surface area is 201 Å². The molecule has 0 aromatic heterocycles. The van der Waals surface area contributed by atoms with E-state index < -0.39 is 0 Å². The fourth-order valence-corrected chi connectivity index (χ4v) is 3.35. The van der Waals surface area contributed by atoms with Gasteiger partial charge in [0.05, 0.1) is 7.11 Å². The molecular formula is C24H31IN4O2. The number of carbonyl (C=O) groups excluding carboxylic acids is 1. The van der Waals surface area contributed by atoms with Gasteiger partial charge in [0.25, 0.3) is 0 Å². The van der Waals surface area contributed by atoms with Gasteiger partial charge in [0.15, 0.2) is 5.96 Å². The van der Waals surface area contributed by atoms with Crippen molar-refractivity contribution in [3.05, 3.63) is 71.8 Å². The standard InChI is InChI=1S/C24H30N4O2.HI/c1-3-25-24(28-15-13-21(14-16-28)20-7-5-4-6-8-20)27-18-23(29)26-17-19-9-11-22(30-2)12-10-19;/h4-13H,3,14-18H2,1-2H3,(H,25,27)(H,26,29);1H. The monoisotopic (exact) mass is 534 g/mol. The molecule has 2 N–H and O–H groups in total. The number of rotatable bonds is 7. The van der Waals surface area contributed by atoms with Crippen LogP contribution in [0.15, 0.2) is 65.7 Å². The highest BCUT2D eigenvalue weighted by Gasteiger charge is 2.16. The number of aliphatic imine (C=N–C) groups is 1. The maximum Gasteiger partial charge on any atom is 0.242 e. The number of ether oxygens (including phenoxy) is 1. The minimum atomic E-state index is -0.0984. The molecule has 0 fully saturated rings. The molecule has 2 aromatic carbocycles. The summed E-state index contributed by atoms with van der Waals surface area (Å²) < 4.78 is 5.15. The van der Waals surface area contributed by atoms with Crippen LogP contribution in [0.2, 0.25) is 0 Å². The quantitative estimate of drug-likeness (QED) is 0.323. The van der Waals surface area contributed by atoms with E-state index >= 15 is 0 Å². The molecule has 0 atom stereocenters. The average molecular weight is 534 g/mol. The van der Waals surface area contributed by atoms with Gasteiger partial charge in [0, 0.05) is 26.2 Å². The number of halogens is 1. The summed E-state index contributed by atoms with van der Waals surface area (Å²) in [6.45, 7) is 5.03. The molecule has 0 saturated carbocycles. The minimum absolute atomic E-state index is 0. The Bertz CT molecular complexity index is 882. The number of guanidine groups is 1. The van der Waals surface area contributed by atoms with Crippen molar-refractivity contribution in [3.63, 3.8) is 0 Å². The molecular weight excluding hydrogens is 503 g/mol. The van der Waals surface area contributed by atoms with Gasteiger partial charge < -0.3 is 20.3 Å². The number of hydrogen-bond acceptors (Lipinski definition) is 3. The Morgan fingerprint density at radius 1 is 1.10 bits per heavy atom. The SMILES string of the molecule is CCNC(=NCC(=O)NCc1ccc(OC)cc1)N1CC=C(c2ccccc2)CC1.I. The van der Waals surface area contributed by atoms with Gasteiger partial charge >= 0.3 is 0 Å². The molecule has 0 saturated heterocycles. The maximum atomic E-state index is 12.3. The second-order valence-electron chi connectivity index (χ2n) is 7.09. The highest BCUT2D eigenvalue weighted by Crippen LogP contribution is 2.22. The number of benzene rings is 2. The molecule has 6 nitrogen and oxygen atoms in total. The number of nitrogens with one attached hydrogen (secondary N) is 2. The van der Waals surface area contributed by atoms with Gasteiger partial charge in [-0.2, -0.15) is 0 Å². The van der Waals surface area contributed by atoms with Crippen molar-refractivity contribution in [1.29, 1.82) is 0 Å². The Balaban J connectivity index is 0.00000341. The summed E-state index contributed by atoms with van der Waals surface area (Å²) in [7, 11) is 1.64. The van der Waals surface area contributed by atoms with Gasteiger partial charge in [-0.25, -0.2) is 4.99 Å². The third-order valence-corrected chi connectivity index (χ3v) is 5.01. The molecule has 1 aliphatic rings. The zero-order chi connectivity index (χ0) is 21.2. The van der Waals surface area contributed by atoms with E-state index in [-0.39, 0.29) is 36.4 Å². The summed E-state index contributed by atoms with van der Waals surface area (Å²) in [6, 6.07) is 18.1. The van der Waals surface area contributed by atoms with E-state index in [1.807, 2.05) is 37.3 Å². The summed E-state index contributed by atoms with van der Waals surface area (Å²) in [5.74, 6) is 1.48. The fourth-order valence-electron chi connectivity index (χ4n) is 3.35. The molecule has 3 rings (SSSR count). The van der Waals surface area contributed by atoms with Crippen LogP contribution in [-0.4, -0.2) is 50.1 Å². The Morgan fingerprint density at radius 3 is 2.45 bits per heavy atom. The molecule has 0 bridgehead atoms. The van der Waals surface area contributed by atoms with Crippen LogP contribution >= 0.6 is 24.0 Å². The molecule has 0 spiro atoms. The van der Waals surface area contributed by atoms with Crippen LogP contribution in [0.5, 0.6) is 5.75 Å². The van der Waals surface area contributed by atoms with Crippen molar-refractivity contribution in [1.82, 2.24) is 15.5 Å². The lowest BCUT2D eigenvalue weighted by molar-refractivity contribution is -0.119. The summed E-state index contributed by atoms with van der Waals surface area (Å²) in [5.41, 5.74) is 3.66. The van der Waals surface area contributed by atoms with E-state index in [9.17, 15) is 4.79 Å². The first-order chi connectivity index (χ1) is 14.7. The van der Waals surface area contributed by atoms with Crippen molar-refractivity contribution in [2.75, 3.05) is 33.3 Å². The van der Waals surface area contributed by atoms with Crippen molar-refractivity contribution in [2.24, 2.45) is 4.99 Å². The molecule has 1 amide bonds. The van der Waals surface area contributed by atoms with E-state index in [1.54, 1.807) is 7.11 Å². The molecule has 7 heteroatoms. The maximum absolute atomic E-state index is 12.3. The zero-order valence-corrected chi connectivity index (χ0v) is 20.5. The van der Waals surface area contributed by atoms with Gasteiger partial charge in [0.2, 0.25) is 5.91 Å². The first kappa shape index (κ1) is 24.7. The van der Waals surface area contributed by atoms with Crippen molar-refractivity contribution in [2.45, 2.75) is 19.9 Å². The Hall–Kier alpha value is -2.55. The summed E-state index contributed by atoms with van der Waals surface area (Å²) in [5, 5.41) is 6.22. The molecule has 31 heavy (non-hydrogen) atoms. The van der Waals surface area contributed by atoms with Crippen molar-refractivity contribution < 1.29 is 9.53 Å². The second-order valence-corrected chi connectivity index (χ2v) is 7.09. The third kappa shape index (κ3) is 7.57. The van der Waals surface area contributed by atoms with Gasteiger partial charge in [-0.05, 0) is 42.2 Å². The predicted molar refractivity (Wildman–Crippen MR) is 137 cm³/mol. The van der Waals surface area contributed by atoms with Crippen LogP contribution in [0.25, 0.3) is 5.57 Å². The van der Waals surface area contributed by atoms with Crippen LogP contribution in [0, 0.1) is 0 Å². The van der Waals surface area contributed by atoms with Gasteiger partial charge in [0.1, 0.15) is 12.3 Å². The van der Waals surface area contributed by atoms with E-state index in [2.05, 4.69) is 50.9 Å². The molecule has 0 unspecified atom stereocenters. The van der Waals surface area contributed by atoms with Crippen LogP contribution < -0.4 is 15.4 Å². The van der Waals surface area contributed by atoms with E-state index in [1.165, 1.54) is 11.1 Å². The fraction of sp³-hybridized carbons (Fsp3) is 0.333. The topological polar surface area (TPSA) is 66.0 Å². The van der Waals surface area contributed by atoms with Gasteiger partial charge in [-0.3, -0.25) is 4.79 Å². The minimum Gasteiger partial charge on any atom is -0.497 e. The number of methoxy groups -OCH3 is 1. The highest BCUT2D eigenvalue weighted by atomic mass is 127. The average Bonchev–Trinajstić information content (AvgIpc) is 2.81. The third-order valence-electron chi connectivity index (χ3n) is 5.01. The number of nitrogens with zero attached hydrogens (tertiary/aromatic N) is 2. The lowest BCUT2D eigenvalue weighted by atomic mass is 10.00. The predicted octanol–water partition coefficient (Wildman–Crippen LogP) is 3.68. The molecule has 0 radical (unpaired) electrons. The first-order valence-corrected chi connectivity index (χ1v) is 10.4. The van der Waals surface area contributed by atoms with E-state index in [0.29, 0.717) is 6.54 Å². The van der Waals surface area contributed by atoms with Gasteiger partial charge in [-0.15, -0.1) is 24.0 Å². The highest BCUT2D eigenvalue weighted by molar-refractivity contribution is 14.0. The van der Waals surface area contributed by atoms with Crippen LogP contribution in [0.1, 0.15) is 24.5 Å². The van der Waals surface area contributed by atoms with Crippen molar-refractivity contribution >= 4 is 41.4 Å². The Kier molecular flexibility index (Phi) is 10.4. The molecule has 1 heterocycles. The second kappa shape index (κ2) is 13.0. The lowest BCUT2D eigenvalue weighted by Crippen LogP contribution is -2.44. The number of hydrogen-bond donors (Lipinski definition) is 2. The van der Waals surface area contributed by atoms with Crippen LogP contribution in [-0.2, 0) is 11.3 Å². The summed E-state index contributed by atoms with van der Waals surface area (Å²) in [6.07, 6.45) is 3.20. The van der Waals surface area contributed by atoms with Crippen LogP contribution in [0.4, 0.5) is 0 Å². The molecule has 0 aliphatic carbocycles. The first-order valence-electron chi connectivity index (χ1n) is 10.4. The lowest BCUT2D eigenvalue weighted by Gasteiger charge is -2.29. The largest absolute Gasteiger partial charge is 0.497 e. The molecule has 2 aromatic rings. The number of carbonyl (C=O) groups is 1. The van der Waals surface area contributed by atoms with E-state index in [0.717, 1.165) is 43.3 Å². The smallest absolute Gasteiger partial charge is 0.242 e. The van der Waals surface area contributed by atoms with Crippen molar-refractivity contribution in [3.8, 4) is 5.75 Å². The molecule has 166 valence electrons.